The molecule has 1 aliphatic rings. The standard InChI is InChI=1S/C25H25N5O3/c1-15-17(16(2)30-24(27-15)18-8-4-5-9-19(18)28-30)12-13-23(31)29-14-22(25(32)26-3)33-21-11-7-6-10-20(21)29/h4-11,22H,12-14H2,1-3H3,(H,26,32). The molecule has 168 valence electrons. The lowest BCUT2D eigenvalue weighted by Crippen LogP contribution is -2.50. The SMILES string of the molecule is CNC(=O)C1CN(C(=O)CCc2c(C)nc3c4ccccc4nn3c2C)c2ccccc2O1. The molecular formula is C25H25N5O3. The highest BCUT2D eigenvalue weighted by atomic mass is 16.5. The van der Waals surface area contributed by atoms with Gasteiger partial charge in [-0.3, -0.25) is 9.59 Å². The number of anilines is 1. The molecule has 2 aromatic heterocycles. The van der Waals surface area contributed by atoms with Crippen LogP contribution in [0.4, 0.5) is 5.69 Å². The normalized spacial score (nSPS) is 15.4. The van der Waals surface area contributed by atoms with E-state index in [1.165, 1.54) is 0 Å². The van der Waals surface area contributed by atoms with Crippen LogP contribution < -0.4 is 15.0 Å². The number of rotatable bonds is 4. The van der Waals surface area contributed by atoms with Crippen molar-refractivity contribution in [2.75, 3.05) is 18.5 Å². The van der Waals surface area contributed by atoms with Gasteiger partial charge in [-0.05, 0) is 50.1 Å². The van der Waals surface area contributed by atoms with E-state index < -0.39 is 6.10 Å². The van der Waals surface area contributed by atoms with Crippen molar-refractivity contribution in [1.29, 1.82) is 0 Å². The number of hydrogen-bond donors (Lipinski definition) is 1. The van der Waals surface area contributed by atoms with Gasteiger partial charge in [-0.1, -0.05) is 24.3 Å². The summed E-state index contributed by atoms with van der Waals surface area (Å²) in [6.45, 7) is 4.16. The van der Waals surface area contributed by atoms with Gasteiger partial charge in [-0.25, -0.2) is 9.50 Å². The quantitative estimate of drug-likeness (QED) is 0.524. The van der Waals surface area contributed by atoms with Crippen LogP contribution in [-0.4, -0.2) is 46.1 Å². The number of benzene rings is 2. The zero-order valence-corrected chi connectivity index (χ0v) is 18.8. The summed E-state index contributed by atoms with van der Waals surface area (Å²) in [7, 11) is 1.56. The number of ether oxygens (including phenoxy) is 1. The smallest absolute Gasteiger partial charge is 0.262 e. The van der Waals surface area contributed by atoms with E-state index in [2.05, 4.69) is 5.32 Å². The molecule has 0 saturated carbocycles. The van der Waals surface area contributed by atoms with Crippen LogP contribution in [0.3, 0.4) is 0 Å². The molecule has 0 spiro atoms. The molecule has 1 unspecified atom stereocenters. The zero-order valence-electron chi connectivity index (χ0n) is 18.8. The Bertz CT molecular complexity index is 1390. The maximum absolute atomic E-state index is 13.3. The lowest BCUT2D eigenvalue weighted by Gasteiger charge is -2.34. The fraction of sp³-hybridized carbons (Fsp3) is 0.280. The van der Waals surface area contributed by atoms with E-state index in [-0.39, 0.29) is 24.8 Å². The molecular weight excluding hydrogens is 418 g/mol. The van der Waals surface area contributed by atoms with Crippen LogP contribution in [0.25, 0.3) is 16.6 Å². The second-order valence-corrected chi connectivity index (χ2v) is 8.21. The first-order valence-corrected chi connectivity index (χ1v) is 11.0. The second kappa shape index (κ2) is 8.20. The average Bonchev–Trinajstić information content (AvgIpc) is 3.21. The highest BCUT2D eigenvalue weighted by Crippen LogP contribution is 2.34. The first kappa shape index (κ1) is 20.9. The summed E-state index contributed by atoms with van der Waals surface area (Å²) in [5.41, 5.74) is 5.28. The molecule has 1 aliphatic heterocycles. The van der Waals surface area contributed by atoms with E-state index in [0.29, 0.717) is 17.9 Å². The largest absolute Gasteiger partial charge is 0.477 e. The van der Waals surface area contributed by atoms with Gasteiger partial charge in [0.1, 0.15) is 5.75 Å². The Balaban J connectivity index is 1.43. The highest BCUT2D eigenvalue weighted by Gasteiger charge is 2.33. The van der Waals surface area contributed by atoms with Gasteiger partial charge < -0.3 is 15.0 Å². The molecule has 4 aromatic rings. The lowest BCUT2D eigenvalue weighted by molar-refractivity contribution is -0.127. The molecule has 0 aliphatic carbocycles. The maximum atomic E-state index is 13.3. The maximum Gasteiger partial charge on any atom is 0.262 e. The third-order valence-electron chi connectivity index (χ3n) is 6.22. The number of nitrogens with one attached hydrogen (secondary N) is 1. The molecule has 1 N–H and O–H groups in total. The van der Waals surface area contributed by atoms with Crippen molar-refractivity contribution in [3.63, 3.8) is 0 Å². The molecule has 3 heterocycles. The van der Waals surface area contributed by atoms with Gasteiger partial charge in [0, 0.05) is 30.2 Å². The van der Waals surface area contributed by atoms with E-state index in [0.717, 1.165) is 33.5 Å². The topological polar surface area (TPSA) is 88.8 Å². The summed E-state index contributed by atoms with van der Waals surface area (Å²) in [4.78, 5) is 32.0. The van der Waals surface area contributed by atoms with Crippen molar-refractivity contribution >= 4 is 34.1 Å². The number of carbonyl (C=O) groups is 2. The number of nitrogens with zero attached hydrogens (tertiary/aromatic N) is 4. The third-order valence-corrected chi connectivity index (χ3v) is 6.22. The summed E-state index contributed by atoms with van der Waals surface area (Å²) >= 11 is 0. The number of para-hydroxylation sites is 2. The van der Waals surface area contributed by atoms with Crippen LogP contribution >= 0.6 is 0 Å². The molecule has 8 heteroatoms. The van der Waals surface area contributed by atoms with Crippen LogP contribution in [0.5, 0.6) is 5.75 Å². The van der Waals surface area contributed by atoms with Crippen molar-refractivity contribution < 1.29 is 14.3 Å². The first-order valence-electron chi connectivity index (χ1n) is 11.0. The number of aryl methyl sites for hydroxylation is 2. The first-order chi connectivity index (χ1) is 16.0. The molecule has 0 saturated heterocycles. The number of hydrogen-bond acceptors (Lipinski definition) is 5. The van der Waals surface area contributed by atoms with Crippen LogP contribution in [0, 0.1) is 13.8 Å². The summed E-state index contributed by atoms with van der Waals surface area (Å²) < 4.78 is 7.68. The fourth-order valence-corrected chi connectivity index (χ4v) is 4.47. The van der Waals surface area contributed by atoms with Gasteiger partial charge in [0.05, 0.1) is 17.7 Å². The Morgan fingerprint density at radius 2 is 1.88 bits per heavy atom. The van der Waals surface area contributed by atoms with Crippen molar-refractivity contribution in [1.82, 2.24) is 19.9 Å². The molecule has 2 aromatic carbocycles. The van der Waals surface area contributed by atoms with Gasteiger partial charge in [0.25, 0.3) is 5.91 Å². The predicted octanol–water partition coefficient (Wildman–Crippen LogP) is 2.97. The summed E-state index contributed by atoms with van der Waals surface area (Å²) in [5, 5.41) is 8.32. The monoisotopic (exact) mass is 443 g/mol. The summed E-state index contributed by atoms with van der Waals surface area (Å²) in [6, 6.07) is 15.2. The number of aromatic nitrogens is 3. The van der Waals surface area contributed by atoms with Gasteiger partial charge in [0.2, 0.25) is 5.91 Å². The molecule has 1 atom stereocenters. The van der Waals surface area contributed by atoms with Gasteiger partial charge in [-0.2, -0.15) is 5.10 Å². The minimum atomic E-state index is -0.744. The van der Waals surface area contributed by atoms with Crippen LogP contribution in [0.1, 0.15) is 23.4 Å². The molecule has 0 radical (unpaired) electrons. The van der Waals surface area contributed by atoms with Gasteiger partial charge in [0.15, 0.2) is 11.8 Å². The Labute approximate surface area is 191 Å². The fourth-order valence-electron chi connectivity index (χ4n) is 4.47. The Morgan fingerprint density at radius 1 is 1.12 bits per heavy atom. The van der Waals surface area contributed by atoms with Crippen molar-refractivity contribution in [2.24, 2.45) is 0 Å². The molecule has 8 nitrogen and oxygen atoms in total. The predicted molar refractivity (Wildman–Crippen MR) is 126 cm³/mol. The van der Waals surface area contributed by atoms with Crippen molar-refractivity contribution in [3.05, 3.63) is 65.5 Å². The highest BCUT2D eigenvalue weighted by molar-refractivity contribution is 5.97. The number of likely N-dealkylation sites (N-methyl/N-ethyl adjacent to an activating group) is 1. The molecule has 33 heavy (non-hydrogen) atoms. The van der Waals surface area contributed by atoms with Crippen LogP contribution in [0.2, 0.25) is 0 Å². The molecule has 0 fully saturated rings. The Kier molecular flexibility index (Phi) is 5.20. The minimum absolute atomic E-state index is 0.0656. The average molecular weight is 444 g/mol. The second-order valence-electron chi connectivity index (χ2n) is 8.21. The van der Waals surface area contributed by atoms with Crippen LogP contribution in [-0.2, 0) is 16.0 Å². The third kappa shape index (κ3) is 3.57. The number of fused-ring (bicyclic) bond motifs is 4. The van der Waals surface area contributed by atoms with Gasteiger partial charge >= 0.3 is 0 Å². The van der Waals surface area contributed by atoms with E-state index in [1.807, 2.05) is 60.8 Å². The zero-order chi connectivity index (χ0) is 23.1. The van der Waals surface area contributed by atoms with Crippen molar-refractivity contribution in [2.45, 2.75) is 32.8 Å². The molecule has 2 amide bonds. The molecule has 0 bridgehead atoms. The summed E-state index contributed by atoms with van der Waals surface area (Å²) in [5.74, 6) is 0.211. The Morgan fingerprint density at radius 3 is 2.70 bits per heavy atom. The van der Waals surface area contributed by atoms with E-state index >= 15 is 0 Å². The number of amides is 2. The van der Waals surface area contributed by atoms with Crippen LogP contribution in [0.15, 0.2) is 48.5 Å². The number of carbonyl (C=O) groups excluding carboxylic acids is 2. The Hall–Kier alpha value is -3.94. The van der Waals surface area contributed by atoms with E-state index in [4.69, 9.17) is 14.8 Å². The minimum Gasteiger partial charge on any atom is -0.477 e. The van der Waals surface area contributed by atoms with E-state index in [9.17, 15) is 9.59 Å². The van der Waals surface area contributed by atoms with Gasteiger partial charge in [-0.15, -0.1) is 0 Å². The van der Waals surface area contributed by atoms with Crippen molar-refractivity contribution in [3.8, 4) is 5.75 Å². The molecule has 5 rings (SSSR count). The van der Waals surface area contributed by atoms with E-state index in [1.54, 1.807) is 18.0 Å². The summed E-state index contributed by atoms with van der Waals surface area (Å²) in [6.07, 6.45) is 0.0661. The lowest BCUT2D eigenvalue weighted by atomic mass is 10.0.